The molecule has 0 aliphatic heterocycles. The monoisotopic (exact) mass is 334 g/mol. The van der Waals surface area contributed by atoms with Crippen molar-refractivity contribution in [3.05, 3.63) is 29.8 Å². The molecular weight excluding hydrogens is 296 g/mol. The summed E-state index contributed by atoms with van der Waals surface area (Å²) in [5.74, 6) is 0.987. The first-order chi connectivity index (χ1) is 11.8. The second kappa shape index (κ2) is 14.3. The standard InChI is InChI=1S/C21H38N2O/c1-4-7-14-23(15-8-5-2)16-10-13-22-19-20-11-9-12-21(18-20)24-17-6-3/h9,11-12,18,22H,4-8,10,13-17,19H2,1-3H3. The van der Waals surface area contributed by atoms with Crippen molar-refractivity contribution in [2.24, 2.45) is 0 Å². The number of hydrogen-bond acceptors (Lipinski definition) is 3. The molecule has 0 saturated carbocycles. The molecule has 24 heavy (non-hydrogen) atoms. The van der Waals surface area contributed by atoms with Crippen molar-refractivity contribution in [2.75, 3.05) is 32.8 Å². The fourth-order valence-electron chi connectivity index (χ4n) is 2.72. The second-order valence-corrected chi connectivity index (χ2v) is 6.57. The number of ether oxygens (including phenoxy) is 1. The van der Waals surface area contributed by atoms with Gasteiger partial charge >= 0.3 is 0 Å². The van der Waals surface area contributed by atoms with Crippen LogP contribution >= 0.6 is 0 Å². The molecule has 0 aromatic heterocycles. The highest BCUT2D eigenvalue weighted by Crippen LogP contribution is 2.13. The molecule has 1 aromatic rings. The van der Waals surface area contributed by atoms with Gasteiger partial charge in [0.05, 0.1) is 6.61 Å². The smallest absolute Gasteiger partial charge is 0.119 e. The number of hydrogen-bond donors (Lipinski definition) is 1. The van der Waals surface area contributed by atoms with Crippen LogP contribution < -0.4 is 10.1 Å². The Morgan fingerprint density at radius 2 is 1.62 bits per heavy atom. The molecular formula is C21H38N2O. The van der Waals surface area contributed by atoms with Crippen molar-refractivity contribution in [2.45, 2.75) is 65.8 Å². The van der Waals surface area contributed by atoms with E-state index in [1.807, 2.05) is 6.07 Å². The molecule has 0 aliphatic carbocycles. The van der Waals surface area contributed by atoms with Crippen molar-refractivity contribution in [1.82, 2.24) is 10.2 Å². The van der Waals surface area contributed by atoms with Gasteiger partial charge in [0.2, 0.25) is 0 Å². The zero-order chi connectivity index (χ0) is 17.5. The highest BCUT2D eigenvalue weighted by Gasteiger charge is 2.03. The fraction of sp³-hybridized carbons (Fsp3) is 0.714. The molecule has 0 radical (unpaired) electrons. The zero-order valence-corrected chi connectivity index (χ0v) is 16.2. The molecule has 1 aromatic carbocycles. The van der Waals surface area contributed by atoms with Gasteiger partial charge in [0.1, 0.15) is 5.75 Å². The van der Waals surface area contributed by atoms with Gasteiger partial charge in [-0.1, -0.05) is 45.7 Å². The molecule has 138 valence electrons. The van der Waals surface area contributed by atoms with Crippen LogP contribution in [0.1, 0.15) is 64.9 Å². The van der Waals surface area contributed by atoms with Crippen LogP contribution in [0.5, 0.6) is 5.75 Å². The first-order valence-corrected chi connectivity index (χ1v) is 9.94. The molecule has 0 spiro atoms. The molecule has 0 heterocycles. The van der Waals surface area contributed by atoms with Crippen molar-refractivity contribution >= 4 is 0 Å². The molecule has 1 rings (SSSR count). The number of nitrogens with zero attached hydrogens (tertiary/aromatic N) is 1. The zero-order valence-electron chi connectivity index (χ0n) is 16.2. The van der Waals surface area contributed by atoms with Crippen LogP contribution in [0.2, 0.25) is 0 Å². The Morgan fingerprint density at radius 1 is 0.917 bits per heavy atom. The third-order valence-electron chi connectivity index (χ3n) is 4.18. The molecule has 3 nitrogen and oxygen atoms in total. The number of benzene rings is 1. The molecule has 0 unspecified atom stereocenters. The summed E-state index contributed by atoms with van der Waals surface area (Å²) in [7, 11) is 0. The third kappa shape index (κ3) is 9.94. The Labute approximate surface area is 149 Å². The van der Waals surface area contributed by atoms with Gasteiger partial charge in [0.25, 0.3) is 0 Å². The summed E-state index contributed by atoms with van der Waals surface area (Å²) in [5.41, 5.74) is 1.30. The van der Waals surface area contributed by atoms with Crippen LogP contribution in [0, 0.1) is 0 Å². The lowest BCUT2D eigenvalue weighted by Crippen LogP contribution is -2.29. The van der Waals surface area contributed by atoms with Crippen molar-refractivity contribution in [1.29, 1.82) is 0 Å². The minimum absolute atomic E-state index is 0.794. The maximum Gasteiger partial charge on any atom is 0.119 e. The van der Waals surface area contributed by atoms with Crippen LogP contribution in [-0.2, 0) is 6.54 Å². The molecule has 0 fully saturated rings. The Kier molecular flexibility index (Phi) is 12.5. The number of unbranched alkanes of at least 4 members (excludes halogenated alkanes) is 2. The lowest BCUT2D eigenvalue weighted by molar-refractivity contribution is 0.261. The van der Waals surface area contributed by atoms with Gasteiger partial charge in [0.15, 0.2) is 0 Å². The van der Waals surface area contributed by atoms with E-state index >= 15 is 0 Å². The second-order valence-electron chi connectivity index (χ2n) is 6.57. The molecule has 1 N–H and O–H groups in total. The van der Waals surface area contributed by atoms with Crippen LogP contribution in [0.25, 0.3) is 0 Å². The van der Waals surface area contributed by atoms with E-state index in [2.05, 4.69) is 49.2 Å². The first kappa shape index (κ1) is 21.0. The number of rotatable bonds is 15. The Balaban J connectivity index is 2.21. The summed E-state index contributed by atoms with van der Waals surface area (Å²) in [6.07, 6.45) is 7.49. The Hall–Kier alpha value is -1.06. The quantitative estimate of drug-likeness (QED) is 0.464. The topological polar surface area (TPSA) is 24.5 Å². The summed E-state index contributed by atoms with van der Waals surface area (Å²) < 4.78 is 5.70. The predicted molar refractivity (Wildman–Crippen MR) is 105 cm³/mol. The third-order valence-corrected chi connectivity index (χ3v) is 4.18. The summed E-state index contributed by atoms with van der Waals surface area (Å²) in [5, 5.41) is 3.57. The van der Waals surface area contributed by atoms with E-state index in [-0.39, 0.29) is 0 Å². The minimum atomic E-state index is 0.794. The summed E-state index contributed by atoms with van der Waals surface area (Å²) >= 11 is 0. The van der Waals surface area contributed by atoms with Crippen LogP contribution in [0.15, 0.2) is 24.3 Å². The minimum Gasteiger partial charge on any atom is -0.494 e. The molecule has 3 heteroatoms. The van der Waals surface area contributed by atoms with E-state index in [1.54, 1.807) is 0 Å². The van der Waals surface area contributed by atoms with Crippen LogP contribution in [0.4, 0.5) is 0 Å². The van der Waals surface area contributed by atoms with Crippen molar-refractivity contribution < 1.29 is 4.74 Å². The van der Waals surface area contributed by atoms with Crippen LogP contribution in [-0.4, -0.2) is 37.7 Å². The summed E-state index contributed by atoms with van der Waals surface area (Å²) in [6, 6.07) is 8.44. The van der Waals surface area contributed by atoms with Crippen LogP contribution in [0.3, 0.4) is 0 Å². The lowest BCUT2D eigenvalue weighted by atomic mass is 10.2. The van der Waals surface area contributed by atoms with Gasteiger partial charge in [-0.25, -0.2) is 0 Å². The van der Waals surface area contributed by atoms with Gasteiger partial charge in [-0.2, -0.15) is 0 Å². The lowest BCUT2D eigenvalue weighted by Gasteiger charge is -2.22. The number of nitrogens with one attached hydrogen (secondary N) is 1. The first-order valence-electron chi connectivity index (χ1n) is 9.94. The molecule has 0 amide bonds. The van der Waals surface area contributed by atoms with Gasteiger partial charge in [0, 0.05) is 6.54 Å². The normalized spacial score (nSPS) is 11.2. The van der Waals surface area contributed by atoms with Crippen molar-refractivity contribution in [3.63, 3.8) is 0 Å². The van der Waals surface area contributed by atoms with E-state index in [9.17, 15) is 0 Å². The Morgan fingerprint density at radius 3 is 2.29 bits per heavy atom. The van der Waals surface area contributed by atoms with E-state index in [4.69, 9.17) is 4.74 Å². The van der Waals surface area contributed by atoms with Crippen molar-refractivity contribution in [3.8, 4) is 5.75 Å². The molecule has 0 saturated heterocycles. The van der Waals surface area contributed by atoms with Gasteiger partial charge in [-0.05, 0) is 69.6 Å². The largest absolute Gasteiger partial charge is 0.494 e. The van der Waals surface area contributed by atoms with Gasteiger partial charge in [-0.15, -0.1) is 0 Å². The fourth-order valence-corrected chi connectivity index (χ4v) is 2.72. The highest BCUT2D eigenvalue weighted by molar-refractivity contribution is 5.28. The predicted octanol–water partition coefficient (Wildman–Crippen LogP) is 4.86. The van der Waals surface area contributed by atoms with Gasteiger partial charge < -0.3 is 15.0 Å². The van der Waals surface area contributed by atoms with E-state index in [0.29, 0.717) is 0 Å². The molecule has 0 atom stereocenters. The average molecular weight is 335 g/mol. The average Bonchev–Trinajstić information content (AvgIpc) is 2.61. The van der Waals surface area contributed by atoms with Gasteiger partial charge in [-0.3, -0.25) is 0 Å². The Bertz CT molecular complexity index is 401. The van der Waals surface area contributed by atoms with E-state index < -0.39 is 0 Å². The summed E-state index contributed by atoms with van der Waals surface area (Å²) in [6.45, 7) is 13.2. The molecule has 0 aliphatic rings. The maximum atomic E-state index is 5.70. The summed E-state index contributed by atoms with van der Waals surface area (Å²) in [4.78, 5) is 2.63. The van der Waals surface area contributed by atoms with E-state index in [1.165, 1.54) is 57.3 Å². The molecule has 0 bridgehead atoms. The SMILES string of the molecule is CCCCN(CCCC)CCCNCc1cccc(OCCC)c1. The maximum absolute atomic E-state index is 5.70. The highest BCUT2D eigenvalue weighted by atomic mass is 16.5. The van der Waals surface area contributed by atoms with E-state index in [0.717, 1.165) is 31.9 Å².